The number of aromatic nitrogens is 2. The predicted octanol–water partition coefficient (Wildman–Crippen LogP) is 2.23. The highest BCUT2D eigenvalue weighted by Gasteiger charge is 2.26. The summed E-state index contributed by atoms with van der Waals surface area (Å²) < 4.78 is 12.3. The molecular formula is C21H24N4O5. The summed E-state index contributed by atoms with van der Waals surface area (Å²) in [5.41, 5.74) is 1.40. The zero-order chi connectivity index (χ0) is 21.3. The summed E-state index contributed by atoms with van der Waals surface area (Å²) in [6.45, 7) is 2.76. The number of amides is 2. The summed E-state index contributed by atoms with van der Waals surface area (Å²) in [4.78, 5) is 38.9. The van der Waals surface area contributed by atoms with Crippen molar-refractivity contribution in [3.63, 3.8) is 0 Å². The van der Waals surface area contributed by atoms with Gasteiger partial charge in [-0.05, 0) is 31.7 Å². The van der Waals surface area contributed by atoms with Gasteiger partial charge >= 0.3 is 0 Å². The van der Waals surface area contributed by atoms with Crippen LogP contribution in [0, 0.1) is 5.92 Å². The van der Waals surface area contributed by atoms with Gasteiger partial charge < -0.3 is 19.7 Å². The SMILES string of the molecule is CC(=O)c1cc2c(cc1NC(=O)CC1CCN(C(=O)c3cnn(C)c3)CC1)OCO2. The second-order valence-corrected chi connectivity index (χ2v) is 7.70. The zero-order valence-electron chi connectivity index (χ0n) is 17.0. The van der Waals surface area contributed by atoms with Gasteiger partial charge in [-0.3, -0.25) is 19.1 Å². The second-order valence-electron chi connectivity index (χ2n) is 7.70. The fourth-order valence-electron chi connectivity index (χ4n) is 3.85. The topological polar surface area (TPSA) is 103 Å². The Hall–Kier alpha value is -3.36. The zero-order valence-corrected chi connectivity index (χ0v) is 17.0. The molecule has 0 radical (unpaired) electrons. The maximum absolute atomic E-state index is 12.6. The summed E-state index contributed by atoms with van der Waals surface area (Å²) in [5, 5.41) is 6.89. The number of hydrogen-bond donors (Lipinski definition) is 1. The van der Waals surface area contributed by atoms with Crippen molar-refractivity contribution >= 4 is 23.3 Å². The van der Waals surface area contributed by atoms with Crippen LogP contribution in [0.15, 0.2) is 24.5 Å². The van der Waals surface area contributed by atoms with Crippen molar-refractivity contribution in [1.29, 1.82) is 0 Å². The van der Waals surface area contributed by atoms with Crippen LogP contribution in [-0.4, -0.2) is 52.2 Å². The van der Waals surface area contributed by atoms with Crippen molar-refractivity contribution in [2.24, 2.45) is 13.0 Å². The lowest BCUT2D eigenvalue weighted by Gasteiger charge is -2.31. The van der Waals surface area contributed by atoms with Crippen molar-refractivity contribution < 1.29 is 23.9 Å². The van der Waals surface area contributed by atoms with Crippen LogP contribution in [0.3, 0.4) is 0 Å². The minimum atomic E-state index is -0.161. The molecule has 2 aliphatic rings. The number of nitrogens with one attached hydrogen (secondary N) is 1. The van der Waals surface area contributed by atoms with E-state index in [2.05, 4.69) is 10.4 Å². The van der Waals surface area contributed by atoms with Gasteiger partial charge in [-0.15, -0.1) is 0 Å². The number of likely N-dealkylation sites (tertiary alicyclic amines) is 1. The molecule has 1 saturated heterocycles. The molecule has 1 N–H and O–H groups in total. The highest BCUT2D eigenvalue weighted by Crippen LogP contribution is 2.37. The molecule has 0 spiro atoms. The smallest absolute Gasteiger partial charge is 0.257 e. The number of aryl methyl sites for hydroxylation is 1. The van der Waals surface area contributed by atoms with Crippen molar-refractivity contribution in [1.82, 2.24) is 14.7 Å². The average Bonchev–Trinajstić information content (AvgIpc) is 3.35. The molecule has 9 nitrogen and oxygen atoms in total. The third kappa shape index (κ3) is 4.14. The molecule has 0 unspecified atom stereocenters. The third-order valence-corrected chi connectivity index (χ3v) is 5.49. The van der Waals surface area contributed by atoms with Crippen LogP contribution < -0.4 is 14.8 Å². The largest absolute Gasteiger partial charge is 0.454 e. The molecule has 1 aromatic carbocycles. The molecule has 4 rings (SSSR count). The first-order valence-electron chi connectivity index (χ1n) is 9.93. The molecule has 30 heavy (non-hydrogen) atoms. The molecule has 0 bridgehead atoms. The Morgan fingerprint density at radius 2 is 1.87 bits per heavy atom. The van der Waals surface area contributed by atoms with E-state index < -0.39 is 0 Å². The molecule has 0 aliphatic carbocycles. The first kappa shape index (κ1) is 19.9. The fraction of sp³-hybridized carbons (Fsp3) is 0.429. The maximum Gasteiger partial charge on any atom is 0.257 e. The number of nitrogens with zero attached hydrogens (tertiary/aromatic N) is 3. The standard InChI is InChI=1S/C21H24N4O5/c1-13(26)16-8-18-19(30-12-29-18)9-17(16)23-20(27)7-14-3-5-25(6-4-14)21(28)15-10-22-24(2)11-15/h8-11,14H,3-7,12H2,1-2H3,(H,23,27). The van der Waals surface area contributed by atoms with Crippen LogP contribution in [0.25, 0.3) is 0 Å². The molecule has 2 amide bonds. The van der Waals surface area contributed by atoms with Gasteiger partial charge in [0, 0.05) is 44.4 Å². The molecule has 0 atom stereocenters. The van der Waals surface area contributed by atoms with E-state index in [1.165, 1.54) is 6.92 Å². The van der Waals surface area contributed by atoms with Gasteiger partial charge in [0.2, 0.25) is 12.7 Å². The minimum absolute atomic E-state index is 0.0301. The summed E-state index contributed by atoms with van der Waals surface area (Å²) >= 11 is 0. The summed E-state index contributed by atoms with van der Waals surface area (Å²) in [6, 6.07) is 3.23. The van der Waals surface area contributed by atoms with E-state index in [-0.39, 0.29) is 30.3 Å². The van der Waals surface area contributed by atoms with E-state index in [1.54, 1.807) is 41.2 Å². The van der Waals surface area contributed by atoms with Crippen LogP contribution in [0.4, 0.5) is 5.69 Å². The number of fused-ring (bicyclic) bond motifs is 1. The monoisotopic (exact) mass is 412 g/mol. The molecule has 2 aromatic rings. The minimum Gasteiger partial charge on any atom is -0.454 e. The Bertz CT molecular complexity index is 991. The summed E-state index contributed by atoms with van der Waals surface area (Å²) in [6.07, 6.45) is 5.11. The Morgan fingerprint density at radius 3 is 2.50 bits per heavy atom. The molecule has 9 heteroatoms. The van der Waals surface area contributed by atoms with E-state index >= 15 is 0 Å². The van der Waals surface area contributed by atoms with Crippen molar-refractivity contribution in [2.45, 2.75) is 26.2 Å². The van der Waals surface area contributed by atoms with Gasteiger partial charge in [-0.2, -0.15) is 5.10 Å². The number of ether oxygens (including phenoxy) is 2. The molecule has 1 fully saturated rings. The van der Waals surface area contributed by atoms with Crippen LogP contribution in [0.1, 0.15) is 46.9 Å². The molecule has 2 aliphatic heterocycles. The Labute approximate surface area is 173 Å². The normalized spacial score (nSPS) is 15.9. The highest BCUT2D eigenvalue weighted by molar-refractivity contribution is 6.04. The number of anilines is 1. The predicted molar refractivity (Wildman–Crippen MR) is 108 cm³/mol. The van der Waals surface area contributed by atoms with Gasteiger partial charge in [-0.25, -0.2) is 0 Å². The lowest BCUT2D eigenvalue weighted by Crippen LogP contribution is -2.39. The van der Waals surface area contributed by atoms with E-state index in [4.69, 9.17) is 9.47 Å². The van der Waals surface area contributed by atoms with Crippen LogP contribution in [0.2, 0.25) is 0 Å². The van der Waals surface area contributed by atoms with Crippen LogP contribution >= 0.6 is 0 Å². The van der Waals surface area contributed by atoms with Crippen molar-refractivity contribution in [3.8, 4) is 11.5 Å². The average molecular weight is 412 g/mol. The van der Waals surface area contributed by atoms with Crippen molar-refractivity contribution in [2.75, 3.05) is 25.2 Å². The van der Waals surface area contributed by atoms with Gasteiger partial charge in [0.25, 0.3) is 5.91 Å². The lowest BCUT2D eigenvalue weighted by molar-refractivity contribution is -0.117. The first-order valence-corrected chi connectivity index (χ1v) is 9.93. The number of Topliss-reactive ketones (excluding diaryl/α,β-unsaturated/α-hetero) is 1. The first-order chi connectivity index (χ1) is 14.4. The van der Waals surface area contributed by atoms with E-state index in [9.17, 15) is 14.4 Å². The Balaban J connectivity index is 1.33. The molecule has 1 aromatic heterocycles. The van der Waals surface area contributed by atoms with E-state index in [0.29, 0.717) is 47.8 Å². The quantitative estimate of drug-likeness (QED) is 0.756. The van der Waals surface area contributed by atoms with Crippen molar-refractivity contribution in [3.05, 3.63) is 35.7 Å². The van der Waals surface area contributed by atoms with E-state index in [0.717, 1.165) is 12.8 Å². The number of rotatable bonds is 5. The number of carbonyl (C=O) groups is 3. The molecular weight excluding hydrogens is 388 g/mol. The highest BCUT2D eigenvalue weighted by atomic mass is 16.7. The van der Waals surface area contributed by atoms with Gasteiger partial charge in [-0.1, -0.05) is 0 Å². The molecule has 3 heterocycles. The van der Waals surface area contributed by atoms with Gasteiger partial charge in [0.15, 0.2) is 17.3 Å². The maximum atomic E-state index is 12.6. The second kappa shape index (κ2) is 8.17. The molecule has 0 saturated carbocycles. The lowest BCUT2D eigenvalue weighted by atomic mass is 9.93. The van der Waals surface area contributed by atoms with Crippen LogP contribution in [-0.2, 0) is 11.8 Å². The number of carbonyl (C=O) groups excluding carboxylic acids is 3. The molecule has 158 valence electrons. The number of piperidine rings is 1. The van der Waals surface area contributed by atoms with Crippen LogP contribution in [0.5, 0.6) is 11.5 Å². The Kier molecular flexibility index (Phi) is 5.43. The fourth-order valence-corrected chi connectivity index (χ4v) is 3.85. The Morgan fingerprint density at radius 1 is 1.17 bits per heavy atom. The van der Waals surface area contributed by atoms with Gasteiger partial charge in [0.1, 0.15) is 0 Å². The third-order valence-electron chi connectivity index (χ3n) is 5.49. The van der Waals surface area contributed by atoms with E-state index in [1.807, 2.05) is 0 Å². The number of benzene rings is 1. The number of hydrogen-bond acceptors (Lipinski definition) is 6. The van der Waals surface area contributed by atoms with Gasteiger partial charge in [0.05, 0.1) is 17.4 Å². The number of ketones is 1. The summed E-state index contributed by atoms with van der Waals surface area (Å²) in [5.74, 6) is 0.843. The summed E-state index contributed by atoms with van der Waals surface area (Å²) in [7, 11) is 1.78.